The molecular weight excluding hydrogens is 276 g/mol. The van der Waals surface area contributed by atoms with Crippen LogP contribution in [0.2, 0.25) is 0 Å². The summed E-state index contributed by atoms with van der Waals surface area (Å²) in [5.74, 6) is 0.858. The van der Waals surface area contributed by atoms with Crippen molar-refractivity contribution in [3.05, 3.63) is 47.6 Å². The molecule has 0 fully saturated rings. The Labute approximate surface area is 119 Å². The van der Waals surface area contributed by atoms with Gasteiger partial charge in [-0.05, 0) is 17.1 Å². The van der Waals surface area contributed by atoms with Gasteiger partial charge in [-0.3, -0.25) is 0 Å². The summed E-state index contributed by atoms with van der Waals surface area (Å²) < 4.78 is 5.98. The molecule has 0 aliphatic heterocycles. The lowest BCUT2D eigenvalue weighted by atomic mass is 10.2. The molecule has 96 valence electrons. The maximum atomic E-state index is 4.48. The number of aromatic nitrogens is 4. The van der Waals surface area contributed by atoms with Crippen molar-refractivity contribution in [2.24, 2.45) is 7.05 Å². The molecule has 0 atom stereocenters. The van der Waals surface area contributed by atoms with Crippen molar-refractivity contribution in [3.63, 3.8) is 0 Å². The zero-order chi connectivity index (χ0) is 13.1. The second kappa shape index (κ2) is 5.54. The predicted molar refractivity (Wildman–Crippen MR) is 78.1 cm³/mol. The van der Waals surface area contributed by atoms with Gasteiger partial charge < -0.3 is 4.57 Å². The molecule has 4 nitrogen and oxygen atoms in total. The summed E-state index contributed by atoms with van der Waals surface area (Å²) in [5, 5.41) is 4.84. The van der Waals surface area contributed by atoms with Gasteiger partial charge >= 0.3 is 0 Å². The minimum atomic E-state index is 0.858. The average Bonchev–Trinajstić information content (AvgIpc) is 3.07. The van der Waals surface area contributed by atoms with Gasteiger partial charge in [0.05, 0.1) is 23.0 Å². The van der Waals surface area contributed by atoms with Crippen LogP contribution in [-0.2, 0) is 12.8 Å². The predicted octanol–water partition coefficient (Wildman–Crippen LogP) is 3.23. The van der Waals surface area contributed by atoms with Gasteiger partial charge in [-0.2, -0.15) is 0 Å². The Hall–Kier alpha value is -1.66. The highest BCUT2D eigenvalue weighted by Crippen LogP contribution is 2.27. The van der Waals surface area contributed by atoms with E-state index in [-0.39, 0.29) is 0 Å². The third-order valence-corrected chi connectivity index (χ3v) is 4.70. The van der Waals surface area contributed by atoms with Crippen LogP contribution in [0, 0.1) is 0 Å². The van der Waals surface area contributed by atoms with Crippen LogP contribution in [0.25, 0.3) is 11.3 Å². The molecule has 0 saturated carbocycles. The first kappa shape index (κ1) is 12.4. The first-order chi connectivity index (χ1) is 9.34. The van der Waals surface area contributed by atoms with Crippen molar-refractivity contribution in [2.75, 3.05) is 0 Å². The summed E-state index contributed by atoms with van der Waals surface area (Å²) >= 11 is 3.13. The molecule has 0 bridgehead atoms. The van der Waals surface area contributed by atoms with Crippen molar-refractivity contribution in [3.8, 4) is 11.3 Å². The molecule has 3 aromatic rings. The highest BCUT2D eigenvalue weighted by molar-refractivity contribution is 7.98. The number of hydrogen-bond acceptors (Lipinski definition) is 5. The molecular formula is C13H12N4S2. The van der Waals surface area contributed by atoms with Crippen molar-refractivity contribution in [1.29, 1.82) is 0 Å². The molecule has 3 rings (SSSR count). The Morgan fingerprint density at radius 1 is 1.21 bits per heavy atom. The van der Waals surface area contributed by atoms with Crippen LogP contribution >= 0.6 is 23.3 Å². The molecule has 2 aromatic heterocycles. The Morgan fingerprint density at radius 3 is 2.79 bits per heavy atom. The molecule has 1 aromatic carbocycles. The van der Waals surface area contributed by atoms with E-state index in [2.05, 4.69) is 31.3 Å². The topological polar surface area (TPSA) is 43.6 Å². The number of thioether (sulfide) groups is 1. The largest absolute Gasteiger partial charge is 0.322 e. The van der Waals surface area contributed by atoms with Crippen LogP contribution in [0.15, 0.2) is 47.9 Å². The van der Waals surface area contributed by atoms with Gasteiger partial charge in [-0.15, -0.1) is 5.10 Å². The Balaban J connectivity index is 1.79. The zero-order valence-electron chi connectivity index (χ0n) is 10.4. The van der Waals surface area contributed by atoms with Crippen LogP contribution in [0.1, 0.15) is 4.88 Å². The number of nitrogens with zero attached hydrogens (tertiary/aromatic N) is 4. The van der Waals surface area contributed by atoms with Crippen LogP contribution in [0.4, 0.5) is 0 Å². The van der Waals surface area contributed by atoms with Crippen LogP contribution in [-0.4, -0.2) is 19.1 Å². The maximum absolute atomic E-state index is 4.48. The lowest BCUT2D eigenvalue weighted by Gasteiger charge is -2.04. The average molecular weight is 288 g/mol. The van der Waals surface area contributed by atoms with Crippen molar-refractivity contribution in [2.45, 2.75) is 10.9 Å². The second-order valence-electron chi connectivity index (χ2n) is 4.02. The number of hydrogen-bond donors (Lipinski definition) is 0. The van der Waals surface area contributed by atoms with Gasteiger partial charge in [-0.25, -0.2) is 4.98 Å². The smallest absolute Gasteiger partial charge is 0.168 e. The van der Waals surface area contributed by atoms with Gasteiger partial charge in [0.1, 0.15) is 0 Å². The lowest BCUT2D eigenvalue weighted by molar-refractivity contribution is 0.796. The summed E-state index contributed by atoms with van der Waals surface area (Å²) in [6, 6.07) is 10.3. The quantitative estimate of drug-likeness (QED) is 0.691. The van der Waals surface area contributed by atoms with Gasteiger partial charge in [0, 0.05) is 12.8 Å². The van der Waals surface area contributed by atoms with E-state index in [9.17, 15) is 0 Å². The minimum Gasteiger partial charge on any atom is -0.322 e. The van der Waals surface area contributed by atoms with Crippen molar-refractivity contribution >= 4 is 23.3 Å². The summed E-state index contributed by atoms with van der Waals surface area (Å²) in [6.07, 6.45) is 3.72. The first-order valence-electron chi connectivity index (χ1n) is 5.81. The third kappa shape index (κ3) is 2.69. The van der Waals surface area contributed by atoms with E-state index in [4.69, 9.17) is 0 Å². The molecule has 19 heavy (non-hydrogen) atoms. The third-order valence-electron chi connectivity index (χ3n) is 2.77. The molecule has 0 unspecified atom stereocenters. The second-order valence-corrected chi connectivity index (χ2v) is 5.84. The fraction of sp³-hybridized carbons (Fsp3) is 0.154. The van der Waals surface area contributed by atoms with E-state index in [0.29, 0.717) is 0 Å². The maximum Gasteiger partial charge on any atom is 0.168 e. The summed E-state index contributed by atoms with van der Waals surface area (Å²) in [5.41, 5.74) is 2.31. The molecule has 0 amide bonds. The molecule has 0 N–H and O–H groups in total. The number of imidazole rings is 1. The number of benzene rings is 1. The minimum absolute atomic E-state index is 0.858. The van der Waals surface area contributed by atoms with Crippen molar-refractivity contribution in [1.82, 2.24) is 19.1 Å². The van der Waals surface area contributed by atoms with Crippen molar-refractivity contribution < 1.29 is 0 Å². The van der Waals surface area contributed by atoms with E-state index in [1.54, 1.807) is 18.0 Å². The summed E-state index contributed by atoms with van der Waals surface area (Å²) in [4.78, 5) is 5.64. The molecule has 0 spiro atoms. The molecule has 0 aliphatic carbocycles. The Morgan fingerprint density at radius 2 is 2.05 bits per heavy atom. The van der Waals surface area contributed by atoms with E-state index in [1.807, 2.05) is 31.4 Å². The fourth-order valence-corrected chi connectivity index (χ4v) is 3.24. The fourth-order valence-electron chi connectivity index (χ4n) is 1.79. The van der Waals surface area contributed by atoms with E-state index >= 15 is 0 Å². The SMILES string of the molecule is Cn1c(-c2ccccc2)cnc1SCc1cnns1. The van der Waals surface area contributed by atoms with Crippen LogP contribution in [0.5, 0.6) is 0 Å². The Bertz CT molecular complexity index is 647. The van der Waals surface area contributed by atoms with Gasteiger partial charge in [0.15, 0.2) is 5.16 Å². The summed E-state index contributed by atoms with van der Waals surface area (Å²) in [7, 11) is 2.04. The first-order valence-corrected chi connectivity index (χ1v) is 7.56. The molecule has 0 aliphatic rings. The van der Waals surface area contributed by atoms with E-state index < -0.39 is 0 Å². The van der Waals surface area contributed by atoms with E-state index in [0.717, 1.165) is 21.5 Å². The van der Waals surface area contributed by atoms with Gasteiger partial charge in [0.2, 0.25) is 0 Å². The van der Waals surface area contributed by atoms with Crippen LogP contribution < -0.4 is 0 Å². The standard InChI is InChI=1S/C13H12N4S2/c1-17-12(10-5-3-2-4-6-10)8-14-13(17)18-9-11-7-15-16-19-11/h2-8H,9H2,1H3. The molecule has 6 heteroatoms. The monoisotopic (exact) mass is 288 g/mol. The lowest BCUT2D eigenvalue weighted by Crippen LogP contribution is -1.94. The Kier molecular flexibility index (Phi) is 3.61. The van der Waals surface area contributed by atoms with Gasteiger partial charge in [0.25, 0.3) is 0 Å². The number of rotatable bonds is 4. The molecule has 0 saturated heterocycles. The summed E-state index contributed by atoms with van der Waals surface area (Å²) in [6.45, 7) is 0. The normalized spacial score (nSPS) is 10.8. The molecule has 2 heterocycles. The van der Waals surface area contributed by atoms with E-state index in [1.165, 1.54) is 17.1 Å². The zero-order valence-corrected chi connectivity index (χ0v) is 12.0. The molecule has 0 radical (unpaired) electrons. The van der Waals surface area contributed by atoms with Gasteiger partial charge in [-0.1, -0.05) is 46.6 Å². The highest BCUT2D eigenvalue weighted by atomic mass is 32.2. The highest BCUT2D eigenvalue weighted by Gasteiger charge is 2.09. The van der Waals surface area contributed by atoms with Crippen LogP contribution in [0.3, 0.4) is 0 Å².